The molecule has 3 aliphatic rings. The Morgan fingerprint density at radius 3 is 2.50 bits per heavy atom. The molecule has 2 nitrogen and oxygen atoms in total. The Kier molecular flexibility index (Phi) is 1.18. The van der Waals surface area contributed by atoms with Crippen LogP contribution in [0.25, 0.3) is 0 Å². The van der Waals surface area contributed by atoms with Gasteiger partial charge in [0.05, 0.1) is 0 Å². The Morgan fingerprint density at radius 2 is 2.00 bits per heavy atom. The van der Waals surface area contributed by atoms with E-state index in [1.54, 1.807) is 0 Å². The van der Waals surface area contributed by atoms with E-state index in [0.717, 1.165) is 12.8 Å². The van der Waals surface area contributed by atoms with Crippen molar-refractivity contribution in [2.75, 3.05) is 0 Å². The molecule has 0 aromatic heterocycles. The summed E-state index contributed by atoms with van der Waals surface area (Å²) >= 11 is 0. The third kappa shape index (κ3) is 0.732. The summed E-state index contributed by atoms with van der Waals surface area (Å²) in [6.07, 6.45) is 8.45. The molecule has 1 amide bonds. The van der Waals surface area contributed by atoms with Gasteiger partial charge in [-0.1, -0.05) is 0 Å². The standard InChI is InChI=1S/C10H15NO/c12-9-4-7-10(5-1-6-10)11(9)8-2-3-8/h8H,1-7H2. The van der Waals surface area contributed by atoms with Crippen molar-refractivity contribution in [1.82, 2.24) is 4.90 Å². The molecule has 0 aromatic carbocycles. The van der Waals surface area contributed by atoms with Gasteiger partial charge in [-0.2, -0.15) is 0 Å². The third-order valence-electron chi connectivity index (χ3n) is 3.78. The van der Waals surface area contributed by atoms with E-state index in [9.17, 15) is 4.79 Å². The molecule has 1 heterocycles. The van der Waals surface area contributed by atoms with E-state index in [-0.39, 0.29) is 0 Å². The van der Waals surface area contributed by atoms with E-state index in [4.69, 9.17) is 0 Å². The maximum Gasteiger partial charge on any atom is 0.223 e. The molecule has 0 bridgehead atoms. The normalized spacial score (nSPS) is 32.7. The van der Waals surface area contributed by atoms with E-state index in [0.29, 0.717) is 17.5 Å². The Bertz CT molecular complexity index is 228. The predicted molar refractivity (Wildman–Crippen MR) is 45.7 cm³/mol. The molecule has 0 atom stereocenters. The molecule has 2 heteroatoms. The van der Waals surface area contributed by atoms with Gasteiger partial charge in [0.15, 0.2) is 0 Å². The van der Waals surface area contributed by atoms with Crippen molar-refractivity contribution in [2.45, 2.75) is 56.5 Å². The van der Waals surface area contributed by atoms with Crippen LogP contribution in [0.1, 0.15) is 44.9 Å². The Balaban J connectivity index is 1.88. The van der Waals surface area contributed by atoms with E-state index in [2.05, 4.69) is 4.90 Å². The molecule has 66 valence electrons. The molecule has 0 radical (unpaired) electrons. The minimum absolute atomic E-state index is 0.373. The molecule has 1 spiro atoms. The van der Waals surface area contributed by atoms with E-state index in [1.807, 2.05) is 0 Å². The minimum Gasteiger partial charge on any atom is -0.334 e. The van der Waals surface area contributed by atoms with Crippen molar-refractivity contribution in [1.29, 1.82) is 0 Å². The van der Waals surface area contributed by atoms with Gasteiger partial charge in [-0.05, 0) is 38.5 Å². The van der Waals surface area contributed by atoms with E-state index >= 15 is 0 Å². The van der Waals surface area contributed by atoms with Crippen LogP contribution in [-0.2, 0) is 4.79 Å². The van der Waals surface area contributed by atoms with Gasteiger partial charge in [-0.3, -0.25) is 4.79 Å². The zero-order valence-corrected chi connectivity index (χ0v) is 7.38. The number of likely N-dealkylation sites (tertiary alicyclic amines) is 1. The molecular weight excluding hydrogens is 150 g/mol. The lowest BCUT2D eigenvalue weighted by molar-refractivity contribution is -0.134. The quantitative estimate of drug-likeness (QED) is 0.579. The van der Waals surface area contributed by atoms with Crippen molar-refractivity contribution in [2.24, 2.45) is 0 Å². The zero-order chi connectivity index (χ0) is 8.18. The fraction of sp³-hybridized carbons (Fsp3) is 0.900. The van der Waals surface area contributed by atoms with Gasteiger partial charge in [0.1, 0.15) is 0 Å². The number of nitrogens with zero attached hydrogens (tertiary/aromatic N) is 1. The first-order chi connectivity index (χ1) is 5.82. The fourth-order valence-corrected chi connectivity index (χ4v) is 2.84. The van der Waals surface area contributed by atoms with Crippen LogP contribution in [0.15, 0.2) is 0 Å². The van der Waals surface area contributed by atoms with Crippen LogP contribution in [0, 0.1) is 0 Å². The van der Waals surface area contributed by atoms with Crippen LogP contribution < -0.4 is 0 Å². The van der Waals surface area contributed by atoms with Crippen molar-refractivity contribution in [3.63, 3.8) is 0 Å². The number of amides is 1. The summed E-state index contributed by atoms with van der Waals surface area (Å²) in [5.41, 5.74) is 0.373. The highest BCUT2D eigenvalue weighted by Crippen LogP contribution is 2.50. The van der Waals surface area contributed by atoms with Crippen molar-refractivity contribution in [3.05, 3.63) is 0 Å². The molecule has 1 aliphatic heterocycles. The van der Waals surface area contributed by atoms with Crippen LogP contribution in [-0.4, -0.2) is 22.4 Å². The topological polar surface area (TPSA) is 20.3 Å². The van der Waals surface area contributed by atoms with Gasteiger partial charge in [0.2, 0.25) is 5.91 Å². The first-order valence-electron chi connectivity index (χ1n) is 5.14. The number of carbonyl (C=O) groups is 1. The summed E-state index contributed by atoms with van der Waals surface area (Å²) in [5, 5.41) is 0. The molecule has 2 saturated carbocycles. The highest BCUT2D eigenvalue weighted by molar-refractivity contribution is 5.80. The average Bonchev–Trinajstić information content (AvgIpc) is 2.73. The molecule has 0 aromatic rings. The van der Waals surface area contributed by atoms with Gasteiger partial charge in [-0.25, -0.2) is 0 Å². The minimum atomic E-state index is 0.373. The number of carbonyl (C=O) groups excluding carboxylic acids is 1. The lowest BCUT2D eigenvalue weighted by atomic mass is 9.75. The number of hydrogen-bond donors (Lipinski definition) is 0. The summed E-state index contributed by atoms with van der Waals surface area (Å²) in [6.45, 7) is 0. The fourth-order valence-electron chi connectivity index (χ4n) is 2.84. The molecule has 0 unspecified atom stereocenters. The van der Waals surface area contributed by atoms with Gasteiger partial charge in [-0.15, -0.1) is 0 Å². The van der Waals surface area contributed by atoms with E-state index in [1.165, 1.54) is 32.1 Å². The second-order valence-electron chi connectivity index (χ2n) is 4.57. The summed E-state index contributed by atoms with van der Waals surface area (Å²) in [4.78, 5) is 13.8. The summed E-state index contributed by atoms with van der Waals surface area (Å²) in [6, 6.07) is 0.653. The largest absolute Gasteiger partial charge is 0.334 e. The maximum atomic E-state index is 11.6. The summed E-state index contributed by atoms with van der Waals surface area (Å²) in [7, 11) is 0. The number of hydrogen-bond acceptors (Lipinski definition) is 1. The molecule has 3 rings (SSSR count). The van der Waals surface area contributed by atoms with Crippen LogP contribution in [0.2, 0.25) is 0 Å². The monoisotopic (exact) mass is 165 g/mol. The Hall–Kier alpha value is -0.530. The molecule has 3 fully saturated rings. The lowest BCUT2D eigenvalue weighted by Crippen LogP contribution is -2.51. The van der Waals surface area contributed by atoms with Crippen LogP contribution in [0.4, 0.5) is 0 Å². The first kappa shape index (κ1) is 6.93. The molecule has 0 N–H and O–H groups in total. The molecule has 12 heavy (non-hydrogen) atoms. The first-order valence-corrected chi connectivity index (χ1v) is 5.14. The second kappa shape index (κ2) is 2.04. The van der Waals surface area contributed by atoms with Crippen LogP contribution in [0.3, 0.4) is 0 Å². The van der Waals surface area contributed by atoms with Crippen molar-refractivity contribution in [3.8, 4) is 0 Å². The Morgan fingerprint density at radius 1 is 1.25 bits per heavy atom. The zero-order valence-electron chi connectivity index (χ0n) is 7.38. The average molecular weight is 165 g/mol. The van der Waals surface area contributed by atoms with Gasteiger partial charge in [0.25, 0.3) is 0 Å². The maximum absolute atomic E-state index is 11.6. The summed E-state index contributed by atoms with van der Waals surface area (Å²) < 4.78 is 0. The van der Waals surface area contributed by atoms with Crippen LogP contribution in [0.5, 0.6) is 0 Å². The van der Waals surface area contributed by atoms with Gasteiger partial charge in [0, 0.05) is 18.0 Å². The SMILES string of the molecule is O=C1CCC2(CCC2)N1C1CC1. The number of rotatable bonds is 1. The van der Waals surface area contributed by atoms with Crippen LogP contribution >= 0.6 is 0 Å². The predicted octanol–water partition coefficient (Wildman–Crippen LogP) is 1.69. The second-order valence-corrected chi connectivity index (χ2v) is 4.57. The highest BCUT2D eigenvalue weighted by Gasteiger charge is 2.53. The smallest absolute Gasteiger partial charge is 0.223 e. The van der Waals surface area contributed by atoms with E-state index < -0.39 is 0 Å². The molecule has 1 saturated heterocycles. The lowest BCUT2D eigenvalue weighted by Gasteiger charge is -2.46. The third-order valence-corrected chi connectivity index (χ3v) is 3.78. The summed E-state index contributed by atoms with van der Waals surface area (Å²) in [5.74, 6) is 0.442. The van der Waals surface area contributed by atoms with Gasteiger partial charge >= 0.3 is 0 Å². The van der Waals surface area contributed by atoms with Gasteiger partial charge < -0.3 is 4.90 Å². The van der Waals surface area contributed by atoms with Crippen molar-refractivity contribution >= 4 is 5.91 Å². The van der Waals surface area contributed by atoms with Crippen molar-refractivity contribution < 1.29 is 4.79 Å². The molecule has 2 aliphatic carbocycles. The Labute approximate surface area is 72.9 Å². The highest BCUT2D eigenvalue weighted by atomic mass is 16.2. The molecular formula is C10H15NO.